The zero-order chi connectivity index (χ0) is 25.5. The molecule has 0 amide bonds. The van der Waals surface area contributed by atoms with Crippen LogP contribution in [0, 0.1) is 0 Å². The van der Waals surface area contributed by atoms with Gasteiger partial charge in [0, 0.05) is 85.7 Å². The fourth-order valence-electron chi connectivity index (χ4n) is 6.04. The molecule has 2 N–H and O–H groups in total. The van der Waals surface area contributed by atoms with E-state index in [2.05, 4.69) is 64.2 Å². The number of fused-ring (bicyclic) bond motifs is 3. The molecule has 2 bridgehead atoms. The van der Waals surface area contributed by atoms with E-state index in [-0.39, 0.29) is 6.61 Å². The Kier molecular flexibility index (Phi) is 5.98. The summed E-state index contributed by atoms with van der Waals surface area (Å²) in [7, 11) is 0. The Labute approximate surface area is 221 Å². The highest BCUT2D eigenvalue weighted by molar-refractivity contribution is 5.80. The molecule has 7 rings (SSSR count). The molecular formula is C28H31N9O. The van der Waals surface area contributed by atoms with Crippen LogP contribution in [0.25, 0.3) is 22.3 Å². The van der Waals surface area contributed by atoms with Crippen molar-refractivity contribution < 1.29 is 5.11 Å². The number of pyridine rings is 1. The van der Waals surface area contributed by atoms with Gasteiger partial charge < -0.3 is 20.2 Å². The highest BCUT2D eigenvalue weighted by Gasteiger charge is 2.42. The number of aromatic nitrogens is 5. The molecule has 3 aliphatic rings. The van der Waals surface area contributed by atoms with Crippen LogP contribution in [0.4, 0.5) is 23.3 Å². The van der Waals surface area contributed by atoms with Crippen LogP contribution in [-0.2, 0) is 0 Å². The third-order valence-electron chi connectivity index (χ3n) is 7.96. The SMILES string of the molecule is OCCN1C[C@@H]2CC1CN2c1ccc(Nc2nccc(-c3cnc4nc(N5CCCC5)ncc4c3)n2)cc1. The fraction of sp³-hybridized carbons (Fsp3) is 0.393. The van der Waals surface area contributed by atoms with Crippen LogP contribution in [-0.4, -0.2) is 86.3 Å². The van der Waals surface area contributed by atoms with Gasteiger partial charge in [-0.05, 0) is 55.7 Å². The molecule has 1 unspecified atom stereocenters. The molecule has 10 nitrogen and oxygen atoms in total. The lowest BCUT2D eigenvalue weighted by atomic mass is 10.2. The van der Waals surface area contributed by atoms with E-state index in [9.17, 15) is 5.11 Å². The Balaban J connectivity index is 1.04. The van der Waals surface area contributed by atoms with Gasteiger partial charge in [-0.3, -0.25) is 4.90 Å². The van der Waals surface area contributed by atoms with Crippen LogP contribution in [0.5, 0.6) is 0 Å². The molecule has 0 saturated carbocycles. The standard InChI is InChI=1S/C28H31N9O/c38-12-11-36-17-24-14-23(36)18-37(24)22-5-3-21(4-6-22)32-27-29-8-7-25(33-27)19-13-20-16-31-28(34-26(20)30-15-19)35-9-1-2-10-35/h3-8,13,15-16,23-24,38H,1-2,9-12,14,17-18H2,(H,29,32,33)/t23?,24-/m0/s1. The summed E-state index contributed by atoms with van der Waals surface area (Å²) in [5.41, 5.74) is 4.56. The smallest absolute Gasteiger partial charge is 0.227 e. The second-order valence-corrected chi connectivity index (χ2v) is 10.4. The van der Waals surface area contributed by atoms with E-state index in [1.54, 1.807) is 6.20 Å². The summed E-state index contributed by atoms with van der Waals surface area (Å²) in [6.07, 6.45) is 8.98. The molecule has 0 spiro atoms. The summed E-state index contributed by atoms with van der Waals surface area (Å²) < 4.78 is 0. The van der Waals surface area contributed by atoms with Gasteiger partial charge in [0.15, 0.2) is 5.65 Å². The van der Waals surface area contributed by atoms with Crippen molar-refractivity contribution in [2.75, 3.05) is 54.4 Å². The van der Waals surface area contributed by atoms with Gasteiger partial charge in [-0.2, -0.15) is 4.98 Å². The molecule has 1 aromatic carbocycles. The second-order valence-electron chi connectivity index (χ2n) is 10.4. The third kappa shape index (κ3) is 4.39. The van der Waals surface area contributed by atoms with Crippen LogP contribution in [0.15, 0.2) is 55.0 Å². The normalized spacial score (nSPS) is 21.1. The average molecular weight is 510 g/mol. The highest BCUT2D eigenvalue weighted by Crippen LogP contribution is 2.35. The summed E-state index contributed by atoms with van der Waals surface area (Å²) in [4.78, 5) is 30.1. The average Bonchev–Trinajstić information content (AvgIpc) is 3.72. The zero-order valence-corrected chi connectivity index (χ0v) is 21.2. The van der Waals surface area contributed by atoms with Crippen LogP contribution in [0.3, 0.4) is 0 Å². The van der Waals surface area contributed by atoms with Gasteiger partial charge in [0.25, 0.3) is 0 Å². The van der Waals surface area contributed by atoms with Crippen LogP contribution in [0.1, 0.15) is 19.3 Å². The molecule has 3 fully saturated rings. The van der Waals surface area contributed by atoms with Gasteiger partial charge >= 0.3 is 0 Å². The lowest BCUT2D eigenvalue weighted by Gasteiger charge is -2.35. The summed E-state index contributed by atoms with van der Waals surface area (Å²) in [6, 6.07) is 13.5. The maximum absolute atomic E-state index is 9.27. The quantitative estimate of drug-likeness (QED) is 0.386. The maximum atomic E-state index is 9.27. The Morgan fingerprint density at radius 2 is 1.79 bits per heavy atom. The zero-order valence-electron chi connectivity index (χ0n) is 21.2. The molecule has 4 aromatic rings. The van der Waals surface area contributed by atoms with E-state index in [0.29, 0.717) is 23.7 Å². The van der Waals surface area contributed by atoms with E-state index >= 15 is 0 Å². The van der Waals surface area contributed by atoms with Crippen molar-refractivity contribution in [2.45, 2.75) is 31.3 Å². The molecule has 38 heavy (non-hydrogen) atoms. The van der Waals surface area contributed by atoms with Crippen LogP contribution >= 0.6 is 0 Å². The molecule has 6 heterocycles. The predicted molar refractivity (Wildman–Crippen MR) is 148 cm³/mol. The summed E-state index contributed by atoms with van der Waals surface area (Å²) in [6.45, 7) is 5.07. The predicted octanol–water partition coefficient (Wildman–Crippen LogP) is 3.08. The lowest BCUT2D eigenvalue weighted by molar-refractivity contribution is 0.177. The van der Waals surface area contributed by atoms with E-state index < -0.39 is 0 Å². The lowest BCUT2D eigenvalue weighted by Crippen LogP contribution is -2.47. The van der Waals surface area contributed by atoms with E-state index in [4.69, 9.17) is 4.98 Å². The number of aliphatic hydroxyl groups excluding tert-OH is 1. The first-order valence-electron chi connectivity index (χ1n) is 13.4. The summed E-state index contributed by atoms with van der Waals surface area (Å²) >= 11 is 0. The van der Waals surface area contributed by atoms with Crippen molar-refractivity contribution in [2.24, 2.45) is 0 Å². The first kappa shape index (κ1) is 23.2. The van der Waals surface area contributed by atoms with Crippen molar-refractivity contribution in [1.82, 2.24) is 29.8 Å². The molecule has 194 valence electrons. The Morgan fingerprint density at radius 3 is 2.58 bits per heavy atom. The number of aliphatic hydroxyl groups is 1. The number of piperazine rings is 1. The number of nitrogens with zero attached hydrogens (tertiary/aromatic N) is 8. The first-order valence-corrected chi connectivity index (χ1v) is 13.4. The van der Waals surface area contributed by atoms with Gasteiger partial charge in [0.2, 0.25) is 11.9 Å². The van der Waals surface area contributed by atoms with Crippen molar-refractivity contribution in [3.05, 3.63) is 55.0 Å². The molecule has 0 radical (unpaired) electrons. The number of likely N-dealkylation sites (tertiary alicyclic amines) is 1. The van der Waals surface area contributed by atoms with E-state index in [1.807, 2.05) is 24.5 Å². The Hall–Kier alpha value is -3.89. The topological polar surface area (TPSA) is 106 Å². The highest BCUT2D eigenvalue weighted by atomic mass is 16.3. The van der Waals surface area contributed by atoms with Crippen molar-refractivity contribution in [1.29, 1.82) is 0 Å². The van der Waals surface area contributed by atoms with E-state index in [0.717, 1.165) is 61.0 Å². The number of benzene rings is 1. The summed E-state index contributed by atoms with van der Waals surface area (Å²) in [5.74, 6) is 1.30. The van der Waals surface area contributed by atoms with Crippen LogP contribution < -0.4 is 15.1 Å². The number of β-amino-alcohol motifs (C(OH)–C–C–N with tert-alkyl or cyclic N) is 1. The fourth-order valence-corrected chi connectivity index (χ4v) is 6.04. The van der Waals surface area contributed by atoms with Crippen LogP contribution in [0.2, 0.25) is 0 Å². The van der Waals surface area contributed by atoms with Crippen molar-refractivity contribution >= 4 is 34.3 Å². The number of anilines is 4. The second kappa shape index (κ2) is 9.77. The van der Waals surface area contributed by atoms with E-state index in [1.165, 1.54) is 24.9 Å². The molecule has 10 heteroatoms. The number of hydrogen-bond donors (Lipinski definition) is 2. The monoisotopic (exact) mass is 509 g/mol. The van der Waals surface area contributed by atoms with Crippen molar-refractivity contribution in [3.63, 3.8) is 0 Å². The van der Waals surface area contributed by atoms with Gasteiger partial charge in [-0.1, -0.05) is 0 Å². The first-order chi connectivity index (χ1) is 18.7. The van der Waals surface area contributed by atoms with Gasteiger partial charge in [0.1, 0.15) is 0 Å². The third-order valence-corrected chi connectivity index (χ3v) is 7.96. The number of rotatable bonds is 7. The Morgan fingerprint density at radius 1 is 0.921 bits per heavy atom. The molecule has 3 aliphatic heterocycles. The minimum Gasteiger partial charge on any atom is -0.395 e. The molecule has 3 saturated heterocycles. The number of hydrogen-bond acceptors (Lipinski definition) is 10. The molecule has 2 atom stereocenters. The summed E-state index contributed by atoms with van der Waals surface area (Å²) in [5, 5.41) is 13.5. The van der Waals surface area contributed by atoms with Gasteiger partial charge in [0.05, 0.1) is 12.3 Å². The number of nitrogens with one attached hydrogen (secondary N) is 1. The molecular weight excluding hydrogens is 478 g/mol. The molecule has 0 aliphatic carbocycles. The Bertz CT molecular complexity index is 1440. The maximum Gasteiger partial charge on any atom is 0.227 e. The minimum absolute atomic E-state index is 0.234. The van der Waals surface area contributed by atoms with Gasteiger partial charge in [-0.25, -0.2) is 19.9 Å². The van der Waals surface area contributed by atoms with Gasteiger partial charge in [-0.15, -0.1) is 0 Å². The largest absolute Gasteiger partial charge is 0.395 e. The molecule has 3 aromatic heterocycles. The minimum atomic E-state index is 0.234. The van der Waals surface area contributed by atoms with Crippen molar-refractivity contribution in [3.8, 4) is 11.3 Å².